The van der Waals surface area contributed by atoms with Gasteiger partial charge < -0.3 is 25.6 Å². The van der Waals surface area contributed by atoms with Crippen LogP contribution in [0.15, 0.2) is 54.7 Å². The predicted octanol–water partition coefficient (Wildman–Crippen LogP) is 3.98. The van der Waals surface area contributed by atoms with Crippen LogP contribution in [0.1, 0.15) is 34.5 Å². The molecule has 0 bridgehead atoms. The Labute approximate surface area is 199 Å². The standard InChI is InChI=1S/C26H30FN5O2/c1-17(18-5-4-6-20(27)13-18)19-14-23(25(26(28)33)29-16-19)30-22-8-7-21(15-24(22)34-3)32-11-9-31(2)10-12-32/h4-8,13-17,30H,9-12H2,1-3H3,(H2,28,33). The van der Waals surface area contributed by atoms with Gasteiger partial charge in [0.15, 0.2) is 5.69 Å². The van der Waals surface area contributed by atoms with Crippen molar-refractivity contribution in [1.29, 1.82) is 0 Å². The SMILES string of the molecule is COc1cc(N2CCN(C)CC2)ccc1Nc1cc(C(C)c2cccc(F)c2)cnc1C(N)=O. The Bertz CT molecular complexity index is 1180. The Morgan fingerprint density at radius 2 is 1.85 bits per heavy atom. The van der Waals surface area contributed by atoms with Crippen LogP contribution in [0, 0.1) is 5.82 Å². The van der Waals surface area contributed by atoms with Crippen molar-refractivity contribution in [2.75, 3.05) is 50.6 Å². The van der Waals surface area contributed by atoms with E-state index in [9.17, 15) is 9.18 Å². The third-order valence-corrected chi connectivity index (χ3v) is 6.31. The number of rotatable bonds is 7. The summed E-state index contributed by atoms with van der Waals surface area (Å²) in [4.78, 5) is 21.0. The van der Waals surface area contributed by atoms with E-state index in [1.54, 1.807) is 19.4 Å². The van der Waals surface area contributed by atoms with Crippen LogP contribution in [0.5, 0.6) is 5.75 Å². The van der Waals surface area contributed by atoms with Crippen molar-refractivity contribution in [3.8, 4) is 5.75 Å². The Morgan fingerprint density at radius 1 is 1.09 bits per heavy atom. The number of hydrogen-bond donors (Lipinski definition) is 2. The first-order chi connectivity index (χ1) is 16.4. The number of piperazine rings is 1. The number of anilines is 3. The lowest BCUT2D eigenvalue weighted by atomic mass is 9.93. The maximum atomic E-state index is 13.7. The number of hydrogen-bond acceptors (Lipinski definition) is 6. The van der Waals surface area contributed by atoms with E-state index in [4.69, 9.17) is 10.5 Å². The van der Waals surface area contributed by atoms with E-state index in [1.165, 1.54) is 12.1 Å². The zero-order valence-electron chi connectivity index (χ0n) is 19.7. The molecule has 178 valence electrons. The number of aromatic nitrogens is 1. The number of primary amides is 1. The van der Waals surface area contributed by atoms with Crippen LogP contribution < -0.4 is 20.7 Å². The maximum absolute atomic E-state index is 13.7. The average Bonchev–Trinajstić information content (AvgIpc) is 2.84. The van der Waals surface area contributed by atoms with Crippen LogP contribution in [0.25, 0.3) is 0 Å². The van der Waals surface area contributed by atoms with Crippen molar-refractivity contribution >= 4 is 23.0 Å². The molecule has 2 heterocycles. The van der Waals surface area contributed by atoms with Crippen LogP contribution in [-0.4, -0.2) is 56.1 Å². The molecule has 1 aliphatic heterocycles. The predicted molar refractivity (Wildman–Crippen MR) is 133 cm³/mol. The largest absolute Gasteiger partial charge is 0.494 e. The summed E-state index contributed by atoms with van der Waals surface area (Å²) in [6, 6.07) is 14.2. The van der Waals surface area contributed by atoms with E-state index in [0.717, 1.165) is 43.0 Å². The summed E-state index contributed by atoms with van der Waals surface area (Å²) < 4.78 is 19.4. The van der Waals surface area contributed by atoms with Gasteiger partial charge in [-0.25, -0.2) is 9.37 Å². The van der Waals surface area contributed by atoms with Gasteiger partial charge in [-0.15, -0.1) is 0 Å². The van der Waals surface area contributed by atoms with Crippen molar-refractivity contribution < 1.29 is 13.9 Å². The zero-order valence-corrected chi connectivity index (χ0v) is 19.7. The van der Waals surface area contributed by atoms with Gasteiger partial charge in [-0.2, -0.15) is 0 Å². The minimum atomic E-state index is -0.638. The minimum Gasteiger partial charge on any atom is -0.494 e. The fourth-order valence-corrected chi connectivity index (χ4v) is 4.17. The van der Waals surface area contributed by atoms with Gasteiger partial charge in [0.2, 0.25) is 0 Å². The molecule has 0 radical (unpaired) electrons. The Kier molecular flexibility index (Phi) is 6.98. The van der Waals surface area contributed by atoms with Crippen LogP contribution >= 0.6 is 0 Å². The molecule has 0 saturated carbocycles. The van der Waals surface area contributed by atoms with Crippen molar-refractivity contribution in [1.82, 2.24) is 9.88 Å². The lowest BCUT2D eigenvalue weighted by Gasteiger charge is -2.34. The van der Waals surface area contributed by atoms with Crippen molar-refractivity contribution in [2.45, 2.75) is 12.8 Å². The number of pyridine rings is 1. The minimum absolute atomic E-state index is 0.125. The number of halogens is 1. The average molecular weight is 464 g/mol. The Morgan fingerprint density at radius 3 is 2.53 bits per heavy atom. The molecular formula is C26H30FN5O2. The highest BCUT2D eigenvalue weighted by Crippen LogP contribution is 2.34. The lowest BCUT2D eigenvalue weighted by molar-refractivity contribution is 0.0996. The number of methoxy groups -OCH3 is 1. The van der Waals surface area contributed by atoms with Gasteiger partial charge in [0.25, 0.3) is 5.91 Å². The van der Waals surface area contributed by atoms with Gasteiger partial charge in [-0.1, -0.05) is 19.1 Å². The molecule has 1 atom stereocenters. The molecular weight excluding hydrogens is 433 g/mol. The molecule has 3 aromatic rings. The quantitative estimate of drug-likeness (QED) is 0.552. The normalized spacial score (nSPS) is 15.1. The van der Waals surface area contributed by atoms with E-state index in [2.05, 4.69) is 27.1 Å². The highest BCUT2D eigenvalue weighted by molar-refractivity contribution is 5.97. The van der Waals surface area contributed by atoms with Crippen LogP contribution in [0.3, 0.4) is 0 Å². The summed E-state index contributed by atoms with van der Waals surface area (Å²) in [5, 5.41) is 3.28. The number of amides is 1. The van der Waals surface area contributed by atoms with E-state index in [0.29, 0.717) is 17.1 Å². The second-order valence-corrected chi connectivity index (χ2v) is 8.61. The summed E-state index contributed by atoms with van der Waals surface area (Å²) in [7, 11) is 3.74. The smallest absolute Gasteiger partial charge is 0.269 e. The van der Waals surface area contributed by atoms with Crippen LogP contribution in [-0.2, 0) is 0 Å². The molecule has 7 nitrogen and oxygen atoms in total. The molecule has 4 rings (SSSR count). The number of carbonyl (C=O) groups is 1. The zero-order chi connectivity index (χ0) is 24.2. The van der Waals surface area contributed by atoms with Gasteiger partial charge in [-0.05, 0) is 48.5 Å². The molecule has 0 aliphatic carbocycles. The molecule has 1 fully saturated rings. The number of nitrogens with two attached hydrogens (primary N) is 1. The van der Waals surface area contributed by atoms with E-state index >= 15 is 0 Å². The molecule has 34 heavy (non-hydrogen) atoms. The first-order valence-electron chi connectivity index (χ1n) is 11.3. The molecule has 1 amide bonds. The summed E-state index contributed by atoms with van der Waals surface area (Å²) in [6.07, 6.45) is 1.61. The van der Waals surface area contributed by atoms with Gasteiger partial charge in [0, 0.05) is 50.0 Å². The van der Waals surface area contributed by atoms with Gasteiger partial charge in [-0.3, -0.25) is 4.79 Å². The second kappa shape index (κ2) is 10.1. The topological polar surface area (TPSA) is 83.7 Å². The van der Waals surface area contributed by atoms with Crippen molar-refractivity contribution in [2.24, 2.45) is 5.73 Å². The number of nitrogens with one attached hydrogen (secondary N) is 1. The Hall–Kier alpha value is -3.65. The van der Waals surface area contributed by atoms with Crippen LogP contribution in [0.4, 0.5) is 21.5 Å². The summed E-state index contributed by atoms with van der Waals surface area (Å²) in [5.41, 5.74) is 9.61. The molecule has 1 saturated heterocycles. The molecule has 3 N–H and O–H groups in total. The van der Waals surface area contributed by atoms with Crippen molar-refractivity contribution in [3.63, 3.8) is 0 Å². The number of ether oxygens (including phenoxy) is 1. The molecule has 2 aromatic carbocycles. The number of carbonyl (C=O) groups excluding carboxylic acids is 1. The lowest BCUT2D eigenvalue weighted by Crippen LogP contribution is -2.44. The van der Waals surface area contributed by atoms with E-state index < -0.39 is 5.91 Å². The number of likely N-dealkylation sites (N-methyl/N-ethyl adjacent to an activating group) is 1. The molecule has 0 spiro atoms. The molecule has 1 unspecified atom stereocenters. The Balaban J connectivity index is 1.64. The second-order valence-electron chi connectivity index (χ2n) is 8.61. The third-order valence-electron chi connectivity index (χ3n) is 6.31. The third kappa shape index (κ3) is 5.12. The maximum Gasteiger partial charge on any atom is 0.269 e. The van der Waals surface area contributed by atoms with Gasteiger partial charge in [0.05, 0.1) is 18.5 Å². The first kappa shape index (κ1) is 23.5. The number of benzene rings is 2. The molecule has 1 aromatic heterocycles. The molecule has 8 heteroatoms. The number of nitrogens with zero attached hydrogens (tertiary/aromatic N) is 3. The highest BCUT2D eigenvalue weighted by atomic mass is 19.1. The summed E-state index contributed by atoms with van der Waals surface area (Å²) in [5.74, 6) is -0.419. The van der Waals surface area contributed by atoms with Crippen LogP contribution in [0.2, 0.25) is 0 Å². The van der Waals surface area contributed by atoms with Gasteiger partial charge >= 0.3 is 0 Å². The fourth-order valence-electron chi connectivity index (χ4n) is 4.17. The summed E-state index contributed by atoms with van der Waals surface area (Å²) >= 11 is 0. The van der Waals surface area contributed by atoms with E-state index in [1.807, 2.05) is 37.3 Å². The monoisotopic (exact) mass is 463 g/mol. The van der Waals surface area contributed by atoms with Gasteiger partial charge in [0.1, 0.15) is 11.6 Å². The fraction of sp³-hybridized carbons (Fsp3) is 0.308. The van der Waals surface area contributed by atoms with Crippen molar-refractivity contribution in [3.05, 3.63) is 77.4 Å². The summed E-state index contributed by atoms with van der Waals surface area (Å²) in [6.45, 7) is 5.87. The molecule has 1 aliphatic rings. The first-order valence-corrected chi connectivity index (χ1v) is 11.3. The van der Waals surface area contributed by atoms with E-state index in [-0.39, 0.29) is 17.4 Å². The highest BCUT2D eigenvalue weighted by Gasteiger charge is 2.19.